The fourth-order valence-corrected chi connectivity index (χ4v) is 4.76. The maximum Gasteiger partial charge on any atom is 0.242 e. The van der Waals surface area contributed by atoms with Gasteiger partial charge in [0.2, 0.25) is 21.8 Å². The van der Waals surface area contributed by atoms with Gasteiger partial charge in [0.1, 0.15) is 6.04 Å². The number of benzene rings is 2. The van der Waals surface area contributed by atoms with E-state index < -0.39 is 16.1 Å². The van der Waals surface area contributed by atoms with Crippen molar-refractivity contribution in [2.45, 2.75) is 46.2 Å². The first-order chi connectivity index (χ1) is 15.6. The molecule has 2 aromatic rings. The molecule has 0 spiro atoms. The van der Waals surface area contributed by atoms with Crippen LogP contribution in [0.2, 0.25) is 5.02 Å². The van der Waals surface area contributed by atoms with Crippen LogP contribution in [0.25, 0.3) is 0 Å². The molecule has 0 aliphatic carbocycles. The highest BCUT2D eigenvalue weighted by molar-refractivity contribution is 7.92. The van der Waals surface area contributed by atoms with E-state index in [1.165, 1.54) is 9.21 Å². The van der Waals surface area contributed by atoms with E-state index in [9.17, 15) is 18.0 Å². The quantitative estimate of drug-likeness (QED) is 0.516. The number of likely N-dealkylation sites (N-methyl/N-ethyl adjacent to an activating group) is 1. The average molecular weight is 494 g/mol. The number of nitrogens with zero attached hydrogens (tertiary/aromatic N) is 2. The van der Waals surface area contributed by atoms with Crippen LogP contribution in [0.4, 0.5) is 5.69 Å². The highest BCUT2D eigenvalue weighted by Crippen LogP contribution is 2.23. The summed E-state index contributed by atoms with van der Waals surface area (Å²) in [5.74, 6) is -0.498. The zero-order valence-corrected chi connectivity index (χ0v) is 21.1. The van der Waals surface area contributed by atoms with E-state index in [1.807, 2.05) is 38.1 Å². The van der Waals surface area contributed by atoms with Crippen LogP contribution in [0.5, 0.6) is 0 Å². The summed E-state index contributed by atoms with van der Waals surface area (Å²) in [6, 6.07) is 13.7. The normalized spacial score (nSPS) is 12.2. The van der Waals surface area contributed by atoms with Gasteiger partial charge in [0, 0.05) is 31.1 Å². The zero-order valence-electron chi connectivity index (χ0n) is 19.5. The smallest absolute Gasteiger partial charge is 0.242 e. The number of aryl methyl sites for hydroxylation is 1. The highest BCUT2D eigenvalue weighted by atomic mass is 35.5. The van der Waals surface area contributed by atoms with Crippen molar-refractivity contribution < 1.29 is 18.0 Å². The van der Waals surface area contributed by atoms with Crippen LogP contribution >= 0.6 is 11.6 Å². The molecule has 1 N–H and O–H groups in total. The molecule has 0 saturated heterocycles. The van der Waals surface area contributed by atoms with Gasteiger partial charge in [-0.25, -0.2) is 8.42 Å². The molecule has 0 bridgehead atoms. The first-order valence-corrected chi connectivity index (χ1v) is 13.1. The van der Waals surface area contributed by atoms with Crippen LogP contribution < -0.4 is 9.62 Å². The van der Waals surface area contributed by atoms with Crippen molar-refractivity contribution >= 4 is 39.1 Å². The Hall–Kier alpha value is -2.58. The maximum absolute atomic E-state index is 13.2. The van der Waals surface area contributed by atoms with Crippen LogP contribution in [0.1, 0.15) is 37.8 Å². The standard InChI is InChI=1S/C24H32ClN3O4S/c1-5-26-24(30)19(3)27(17-20-12-7-8-13-21(20)25)23(29)15-10-16-28(33(4,31)32)22-14-9-6-11-18(22)2/h6-9,11-14,19H,5,10,15-17H2,1-4H3,(H,26,30)/t19-/m0/s1. The lowest BCUT2D eigenvalue weighted by Crippen LogP contribution is -2.47. The predicted molar refractivity (Wildman–Crippen MR) is 133 cm³/mol. The molecule has 0 radical (unpaired) electrons. The molecule has 0 saturated carbocycles. The number of amides is 2. The fraction of sp³-hybridized carbons (Fsp3) is 0.417. The number of carbonyl (C=O) groups is 2. The largest absolute Gasteiger partial charge is 0.355 e. The molecule has 33 heavy (non-hydrogen) atoms. The minimum Gasteiger partial charge on any atom is -0.355 e. The average Bonchev–Trinajstić information content (AvgIpc) is 2.75. The minimum atomic E-state index is -3.52. The van der Waals surface area contributed by atoms with Crippen molar-refractivity contribution in [2.75, 3.05) is 23.7 Å². The van der Waals surface area contributed by atoms with Gasteiger partial charge in [-0.15, -0.1) is 0 Å². The monoisotopic (exact) mass is 493 g/mol. The minimum absolute atomic E-state index is 0.0894. The molecule has 0 heterocycles. The summed E-state index contributed by atoms with van der Waals surface area (Å²) < 4.78 is 26.1. The summed E-state index contributed by atoms with van der Waals surface area (Å²) in [6.07, 6.45) is 1.55. The van der Waals surface area contributed by atoms with Crippen LogP contribution in [0.15, 0.2) is 48.5 Å². The SMILES string of the molecule is CCNC(=O)[C@H](C)N(Cc1ccccc1Cl)C(=O)CCCN(c1ccccc1C)S(C)(=O)=O. The Bertz CT molecular complexity index is 1070. The summed E-state index contributed by atoms with van der Waals surface area (Å²) in [7, 11) is -3.52. The summed E-state index contributed by atoms with van der Waals surface area (Å²) in [5, 5.41) is 3.26. The number of anilines is 1. The van der Waals surface area contributed by atoms with Gasteiger partial charge >= 0.3 is 0 Å². The Morgan fingerprint density at radius 2 is 1.73 bits per heavy atom. The number of hydrogen-bond acceptors (Lipinski definition) is 4. The second-order valence-electron chi connectivity index (χ2n) is 7.91. The lowest BCUT2D eigenvalue weighted by Gasteiger charge is -2.29. The van der Waals surface area contributed by atoms with Gasteiger partial charge in [0.25, 0.3) is 0 Å². The number of para-hydroxylation sites is 1. The van der Waals surface area contributed by atoms with Gasteiger partial charge in [-0.1, -0.05) is 48.0 Å². The van der Waals surface area contributed by atoms with Crippen molar-refractivity contribution in [3.05, 3.63) is 64.7 Å². The van der Waals surface area contributed by atoms with Gasteiger partial charge in [-0.3, -0.25) is 13.9 Å². The molecule has 2 rings (SSSR count). The third-order valence-corrected chi connectivity index (χ3v) is 6.90. The Balaban J connectivity index is 2.18. The van der Waals surface area contributed by atoms with E-state index >= 15 is 0 Å². The van der Waals surface area contributed by atoms with Gasteiger partial charge in [-0.05, 0) is 50.5 Å². The zero-order chi connectivity index (χ0) is 24.6. The van der Waals surface area contributed by atoms with Gasteiger partial charge in [0.05, 0.1) is 11.9 Å². The Morgan fingerprint density at radius 1 is 1.09 bits per heavy atom. The Kier molecular flexibility index (Phi) is 9.73. The molecule has 7 nitrogen and oxygen atoms in total. The molecular weight excluding hydrogens is 462 g/mol. The van der Waals surface area contributed by atoms with Crippen molar-refractivity contribution in [3.63, 3.8) is 0 Å². The Morgan fingerprint density at radius 3 is 2.33 bits per heavy atom. The molecule has 2 amide bonds. The number of carbonyl (C=O) groups excluding carboxylic acids is 2. The third-order valence-electron chi connectivity index (χ3n) is 5.35. The van der Waals surface area contributed by atoms with Crippen molar-refractivity contribution in [1.29, 1.82) is 0 Å². The van der Waals surface area contributed by atoms with E-state index in [2.05, 4.69) is 5.32 Å². The molecule has 0 fully saturated rings. The molecule has 1 atom stereocenters. The molecule has 0 aliphatic rings. The highest BCUT2D eigenvalue weighted by Gasteiger charge is 2.27. The maximum atomic E-state index is 13.2. The van der Waals surface area contributed by atoms with Crippen LogP contribution in [0, 0.1) is 6.92 Å². The lowest BCUT2D eigenvalue weighted by atomic mass is 10.1. The van der Waals surface area contributed by atoms with Gasteiger partial charge in [-0.2, -0.15) is 0 Å². The van der Waals surface area contributed by atoms with E-state index in [1.54, 1.807) is 31.2 Å². The summed E-state index contributed by atoms with van der Waals surface area (Å²) >= 11 is 6.29. The fourth-order valence-electron chi connectivity index (χ4n) is 3.54. The number of sulfonamides is 1. The van der Waals surface area contributed by atoms with Crippen molar-refractivity contribution in [1.82, 2.24) is 10.2 Å². The second kappa shape index (κ2) is 12.0. The topological polar surface area (TPSA) is 86.8 Å². The molecule has 9 heteroatoms. The first-order valence-electron chi connectivity index (χ1n) is 10.9. The van der Waals surface area contributed by atoms with E-state index in [0.29, 0.717) is 23.7 Å². The van der Waals surface area contributed by atoms with Crippen molar-refractivity contribution in [3.8, 4) is 0 Å². The third kappa shape index (κ3) is 7.47. The van der Waals surface area contributed by atoms with E-state index in [4.69, 9.17) is 11.6 Å². The molecule has 0 aromatic heterocycles. The predicted octanol–water partition coefficient (Wildman–Crippen LogP) is 3.75. The number of hydrogen-bond donors (Lipinski definition) is 1. The second-order valence-corrected chi connectivity index (χ2v) is 10.2. The summed E-state index contributed by atoms with van der Waals surface area (Å²) in [4.78, 5) is 27.1. The van der Waals surface area contributed by atoms with Crippen LogP contribution in [-0.2, 0) is 26.2 Å². The lowest BCUT2D eigenvalue weighted by molar-refractivity contribution is -0.140. The van der Waals surface area contributed by atoms with E-state index in [-0.39, 0.29) is 31.3 Å². The number of halogens is 1. The first kappa shape index (κ1) is 26.7. The van der Waals surface area contributed by atoms with Gasteiger partial charge in [0.15, 0.2) is 0 Å². The molecular formula is C24H32ClN3O4S. The molecule has 2 aromatic carbocycles. The summed E-state index contributed by atoms with van der Waals surface area (Å²) in [6.45, 7) is 6.14. The summed E-state index contributed by atoms with van der Waals surface area (Å²) in [5.41, 5.74) is 2.16. The molecule has 0 unspecified atom stereocenters. The van der Waals surface area contributed by atoms with Crippen LogP contribution in [-0.4, -0.2) is 50.5 Å². The molecule has 180 valence electrons. The number of rotatable bonds is 11. The van der Waals surface area contributed by atoms with E-state index in [0.717, 1.165) is 17.4 Å². The van der Waals surface area contributed by atoms with Gasteiger partial charge < -0.3 is 10.2 Å². The Labute approximate surface area is 201 Å². The van der Waals surface area contributed by atoms with Crippen molar-refractivity contribution in [2.24, 2.45) is 0 Å². The number of nitrogens with one attached hydrogen (secondary N) is 1. The molecule has 0 aliphatic heterocycles. The van der Waals surface area contributed by atoms with Crippen LogP contribution in [0.3, 0.4) is 0 Å².